The van der Waals surface area contributed by atoms with Gasteiger partial charge in [-0.2, -0.15) is 10.2 Å². The second kappa shape index (κ2) is 6.45. The van der Waals surface area contributed by atoms with Crippen molar-refractivity contribution in [3.8, 4) is 6.07 Å². The normalized spacial score (nSPS) is 25.5. The molecule has 0 bridgehead atoms. The summed E-state index contributed by atoms with van der Waals surface area (Å²) in [4.78, 5) is 26.4. The molecule has 1 aromatic rings. The fraction of sp³-hybridized carbons (Fsp3) is 0.692. The summed E-state index contributed by atoms with van der Waals surface area (Å²) in [7, 11) is 1.65. The van der Waals surface area contributed by atoms with Gasteiger partial charge in [-0.25, -0.2) is 0 Å². The first-order chi connectivity index (χ1) is 9.99. The van der Waals surface area contributed by atoms with Crippen molar-refractivity contribution in [3.63, 3.8) is 0 Å². The molecule has 21 heavy (non-hydrogen) atoms. The molecular formula is C13H19N5O2S. The molecular weight excluding hydrogens is 290 g/mol. The predicted octanol–water partition coefficient (Wildman–Crippen LogP) is 0.375. The zero-order valence-corrected chi connectivity index (χ0v) is 13.0. The van der Waals surface area contributed by atoms with Gasteiger partial charge in [0.15, 0.2) is 5.16 Å². The van der Waals surface area contributed by atoms with E-state index in [1.165, 1.54) is 16.4 Å². The molecule has 0 spiro atoms. The van der Waals surface area contributed by atoms with Gasteiger partial charge in [-0.1, -0.05) is 18.7 Å². The molecule has 1 aromatic heterocycles. The van der Waals surface area contributed by atoms with Gasteiger partial charge in [-0.15, -0.1) is 0 Å². The molecule has 0 amide bonds. The van der Waals surface area contributed by atoms with E-state index in [9.17, 15) is 14.9 Å². The fourth-order valence-corrected chi connectivity index (χ4v) is 3.97. The molecule has 8 heteroatoms. The second-order valence-corrected chi connectivity index (χ2v) is 6.53. The number of nitriles is 1. The first-order valence-corrected chi connectivity index (χ1v) is 7.88. The highest BCUT2D eigenvalue weighted by atomic mass is 32.2. The fourth-order valence-electron chi connectivity index (χ4n) is 2.68. The molecule has 2 unspecified atom stereocenters. The lowest BCUT2D eigenvalue weighted by molar-refractivity contribution is 0.309. The standard InChI is InChI=1S/C13H19N5O2S/c1-3-15-13(8-14)6-4-5-9(7-13)21-12-16-10(19)11(20)17-18(12)2/h9,15H,3-7H2,1-2H3,(H,17,20). The van der Waals surface area contributed by atoms with Gasteiger partial charge in [-0.3, -0.25) is 24.7 Å². The molecule has 7 nitrogen and oxygen atoms in total. The maximum absolute atomic E-state index is 11.4. The summed E-state index contributed by atoms with van der Waals surface area (Å²) in [6, 6.07) is 2.40. The molecule has 2 N–H and O–H groups in total. The minimum absolute atomic E-state index is 0.196. The minimum Gasteiger partial charge on any atom is -0.300 e. The van der Waals surface area contributed by atoms with Crippen LogP contribution in [0.3, 0.4) is 0 Å². The quantitative estimate of drug-likeness (QED) is 0.779. The highest BCUT2D eigenvalue weighted by Gasteiger charge is 2.36. The van der Waals surface area contributed by atoms with Crippen LogP contribution in [-0.2, 0) is 7.05 Å². The van der Waals surface area contributed by atoms with Gasteiger partial charge in [0.25, 0.3) is 0 Å². The van der Waals surface area contributed by atoms with Crippen molar-refractivity contribution in [3.05, 3.63) is 20.7 Å². The van der Waals surface area contributed by atoms with E-state index in [0.717, 1.165) is 25.8 Å². The van der Waals surface area contributed by atoms with Gasteiger partial charge < -0.3 is 0 Å². The van der Waals surface area contributed by atoms with Crippen LogP contribution in [-0.4, -0.2) is 32.1 Å². The Morgan fingerprint density at radius 2 is 2.38 bits per heavy atom. The molecule has 1 aliphatic rings. The van der Waals surface area contributed by atoms with Crippen LogP contribution < -0.4 is 16.4 Å². The zero-order chi connectivity index (χ0) is 15.5. The minimum atomic E-state index is -0.773. The first kappa shape index (κ1) is 15.8. The van der Waals surface area contributed by atoms with Crippen LogP contribution >= 0.6 is 11.8 Å². The summed E-state index contributed by atoms with van der Waals surface area (Å²) in [6.45, 7) is 2.74. The van der Waals surface area contributed by atoms with Gasteiger partial charge in [0, 0.05) is 12.3 Å². The molecule has 0 saturated heterocycles. The Bertz CT molecular complexity index is 658. The summed E-state index contributed by atoms with van der Waals surface area (Å²) >= 11 is 1.45. The van der Waals surface area contributed by atoms with Gasteiger partial charge in [0.05, 0.1) is 6.07 Å². The van der Waals surface area contributed by atoms with Crippen molar-refractivity contribution in [2.75, 3.05) is 6.54 Å². The van der Waals surface area contributed by atoms with E-state index in [1.807, 2.05) is 6.92 Å². The molecule has 114 valence electrons. The van der Waals surface area contributed by atoms with Gasteiger partial charge >= 0.3 is 11.1 Å². The smallest absolute Gasteiger partial charge is 0.300 e. The third-order valence-corrected chi connectivity index (χ3v) is 4.97. The van der Waals surface area contributed by atoms with Crippen molar-refractivity contribution in [2.24, 2.45) is 7.05 Å². The van der Waals surface area contributed by atoms with E-state index >= 15 is 0 Å². The SMILES string of the molecule is CCNC1(C#N)CCCC(Sc2nc(=O)c(=O)[nH]n2C)C1. The van der Waals surface area contributed by atoms with Crippen LogP contribution in [0.5, 0.6) is 0 Å². The molecule has 0 aliphatic heterocycles. The average molecular weight is 309 g/mol. The summed E-state index contributed by atoms with van der Waals surface area (Å²) < 4.78 is 1.46. The number of nitrogens with zero attached hydrogens (tertiary/aromatic N) is 3. The maximum Gasteiger partial charge on any atom is 0.339 e. The lowest BCUT2D eigenvalue weighted by atomic mass is 9.82. The van der Waals surface area contributed by atoms with Crippen molar-refractivity contribution in [1.29, 1.82) is 5.26 Å². The molecule has 0 aromatic carbocycles. The van der Waals surface area contributed by atoms with Crippen molar-refractivity contribution in [2.45, 2.75) is 48.6 Å². The van der Waals surface area contributed by atoms with Crippen LogP contribution in [0.1, 0.15) is 32.6 Å². The highest BCUT2D eigenvalue weighted by molar-refractivity contribution is 7.99. The predicted molar refractivity (Wildman–Crippen MR) is 80.2 cm³/mol. The molecule has 0 radical (unpaired) electrons. The van der Waals surface area contributed by atoms with E-state index in [1.54, 1.807) is 7.05 Å². The lowest BCUT2D eigenvalue weighted by Crippen LogP contribution is -2.48. The van der Waals surface area contributed by atoms with Crippen LogP contribution in [0.15, 0.2) is 14.7 Å². The van der Waals surface area contributed by atoms with Gasteiger partial charge in [-0.05, 0) is 32.2 Å². The van der Waals surface area contributed by atoms with Gasteiger partial charge in [0.2, 0.25) is 0 Å². The summed E-state index contributed by atoms with van der Waals surface area (Å²) in [5.74, 6) is 0. The average Bonchev–Trinajstić information content (AvgIpc) is 2.45. The number of nitrogens with one attached hydrogen (secondary N) is 2. The van der Waals surface area contributed by atoms with Crippen molar-refractivity contribution in [1.82, 2.24) is 20.1 Å². The lowest BCUT2D eigenvalue weighted by Gasteiger charge is -2.35. The van der Waals surface area contributed by atoms with E-state index in [2.05, 4.69) is 21.5 Å². The molecule has 2 atom stereocenters. The number of rotatable bonds is 4. The van der Waals surface area contributed by atoms with E-state index < -0.39 is 16.7 Å². The Labute approximate surface area is 126 Å². The number of hydrogen-bond donors (Lipinski definition) is 2. The summed E-state index contributed by atoms with van der Waals surface area (Å²) in [6.07, 6.45) is 3.47. The third-order valence-electron chi connectivity index (χ3n) is 3.65. The van der Waals surface area contributed by atoms with E-state index in [0.29, 0.717) is 11.6 Å². The van der Waals surface area contributed by atoms with E-state index in [-0.39, 0.29) is 5.25 Å². The Kier molecular flexibility index (Phi) is 4.85. The monoisotopic (exact) mass is 309 g/mol. The number of aryl methyl sites for hydroxylation is 1. The topological polar surface area (TPSA) is 104 Å². The molecule has 2 rings (SSSR count). The molecule has 1 heterocycles. The maximum atomic E-state index is 11.4. The Balaban J connectivity index is 2.17. The van der Waals surface area contributed by atoms with E-state index in [4.69, 9.17) is 0 Å². The number of aromatic nitrogens is 3. The largest absolute Gasteiger partial charge is 0.339 e. The summed E-state index contributed by atoms with van der Waals surface area (Å²) in [5, 5.41) is 15.8. The Hall–Kier alpha value is -1.59. The van der Waals surface area contributed by atoms with Crippen LogP contribution in [0.25, 0.3) is 0 Å². The van der Waals surface area contributed by atoms with Gasteiger partial charge in [0.1, 0.15) is 5.54 Å². The molecule has 1 aliphatic carbocycles. The number of hydrogen-bond acceptors (Lipinski definition) is 6. The molecule has 1 saturated carbocycles. The van der Waals surface area contributed by atoms with Crippen LogP contribution in [0.4, 0.5) is 0 Å². The molecule has 1 fully saturated rings. The Morgan fingerprint density at radius 3 is 3.05 bits per heavy atom. The van der Waals surface area contributed by atoms with Crippen LogP contribution in [0, 0.1) is 11.3 Å². The van der Waals surface area contributed by atoms with Crippen molar-refractivity contribution < 1.29 is 0 Å². The third kappa shape index (κ3) is 3.54. The van der Waals surface area contributed by atoms with Crippen LogP contribution in [0.2, 0.25) is 0 Å². The van der Waals surface area contributed by atoms with Crippen molar-refractivity contribution >= 4 is 11.8 Å². The highest BCUT2D eigenvalue weighted by Crippen LogP contribution is 2.36. The number of aromatic amines is 1. The Morgan fingerprint density at radius 1 is 1.62 bits per heavy atom. The summed E-state index contributed by atoms with van der Waals surface area (Å²) in [5.41, 5.74) is -1.99. The zero-order valence-electron chi connectivity index (χ0n) is 12.2. The number of thioether (sulfide) groups is 1. The second-order valence-electron chi connectivity index (χ2n) is 5.26. The first-order valence-electron chi connectivity index (χ1n) is 7.00. The number of H-pyrrole nitrogens is 1.